The van der Waals surface area contributed by atoms with Crippen LogP contribution in [0.1, 0.15) is 30.4 Å². The number of amides is 1. The van der Waals surface area contributed by atoms with E-state index in [-0.39, 0.29) is 11.7 Å². The van der Waals surface area contributed by atoms with Crippen LogP contribution in [0.3, 0.4) is 0 Å². The molecule has 3 rings (SSSR count). The van der Waals surface area contributed by atoms with Gasteiger partial charge in [0.05, 0.1) is 6.54 Å². The molecule has 6 nitrogen and oxygen atoms in total. The lowest BCUT2D eigenvalue weighted by Crippen LogP contribution is -2.34. The summed E-state index contributed by atoms with van der Waals surface area (Å²) in [5, 5.41) is 17.0. The van der Waals surface area contributed by atoms with Crippen LogP contribution in [0.4, 0.5) is 5.69 Å². The molecule has 1 amide bonds. The van der Waals surface area contributed by atoms with Gasteiger partial charge in [-0.2, -0.15) is 0 Å². The van der Waals surface area contributed by atoms with Crippen LogP contribution >= 0.6 is 11.6 Å². The number of nitrogens with zero attached hydrogens (tertiary/aromatic N) is 2. The molecule has 0 aromatic heterocycles. The number of aryl methyl sites for hydroxylation is 1. The van der Waals surface area contributed by atoms with Crippen molar-refractivity contribution < 1.29 is 9.90 Å². The maximum Gasteiger partial charge on any atom is 0.222 e. The van der Waals surface area contributed by atoms with E-state index >= 15 is 0 Å². The fourth-order valence-corrected chi connectivity index (χ4v) is 3.46. The summed E-state index contributed by atoms with van der Waals surface area (Å²) in [6.07, 6.45) is 2.46. The van der Waals surface area contributed by atoms with E-state index in [1.54, 1.807) is 12.1 Å². The van der Waals surface area contributed by atoms with Crippen LogP contribution in [0.2, 0.25) is 5.02 Å². The van der Waals surface area contributed by atoms with Crippen molar-refractivity contribution in [3.8, 4) is 5.75 Å². The summed E-state index contributed by atoms with van der Waals surface area (Å²) < 4.78 is 0. The zero-order valence-corrected chi connectivity index (χ0v) is 17.4. The number of aromatic hydroxyl groups is 1. The first kappa shape index (κ1) is 21.0. The number of benzene rings is 2. The van der Waals surface area contributed by atoms with Gasteiger partial charge >= 0.3 is 0 Å². The number of halogens is 1. The van der Waals surface area contributed by atoms with Gasteiger partial charge in [0, 0.05) is 36.8 Å². The highest BCUT2D eigenvalue weighted by molar-refractivity contribution is 6.31. The number of likely N-dealkylation sites (tertiary alicyclic amines) is 1. The molecule has 0 aliphatic carbocycles. The average Bonchev–Trinajstić information content (AvgIpc) is 3.11. The van der Waals surface area contributed by atoms with Crippen molar-refractivity contribution in [2.75, 3.05) is 25.0 Å². The molecule has 0 saturated carbocycles. The van der Waals surface area contributed by atoms with E-state index in [9.17, 15) is 9.90 Å². The van der Waals surface area contributed by atoms with Gasteiger partial charge in [0.25, 0.3) is 0 Å². The Morgan fingerprint density at radius 2 is 2.10 bits per heavy atom. The summed E-state index contributed by atoms with van der Waals surface area (Å²) in [6, 6.07) is 12.8. The first-order valence-corrected chi connectivity index (χ1v) is 10.3. The lowest BCUT2D eigenvalue weighted by Gasteiger charge is -2.17. The summed E-state index contributed by atoms with van der Waals surface area (Å²) in [6.45, 7) is 4.66. The van der Waals surface area contributed by atoms with Crippen molar-refractivity contribution >= 4 is 29.2 Å². The zero-order valence-electron chi connectivity index (χ0n) is 16.6. The molecule has 0 atom stereocenters. The Hall–Kier alpha value is -2.73. The summed E-state index contributed by atoms with van der Waals surface area (Å²) in [7, 11) is 0. The molecule has 1 heterocycles. The predicted octanol–water partition coefficient (Wildman–Crippen LogP) is 3.92. The van der Waals surface area contributed by atoms with E-state index < -0.39 is 0 Å². The van der Waals surface area contributed by atoms with Crippen LogP contribution < -0.4 is 10.6 Å². The molecule has 1 aliphatic heterocycles. The number of carbonyl (C=O) groups excluding carboxylic acids is 1. The molecule has 3 N–H and O–H groups in total. The van der Waals surface area contributed by atoms with Crippen LogP contribution in [0.5, 0.6) is 5.75 Å². The lowest BCUT2D eigenvalue weighted by molar-refractivity contribution is -0.127. The van der Waals surface area contributed by atoms with Gasteiger partial charge in [-0.25, -0.2) is 4.99 Å². The second kappa shape index (κ2) is 10.2. The highest BCUT2D eigenvalue weighted by atomic mass is 35.5. The van der Waals surface area contributed by atoms with Gasteiger partial charge in [-0.05, 0) is 55.2 Å². The summed E-state index contributed by atoms with van der Waals surface area (Å²) >= 11 is 6.25. The summed E-state index contributed by atoms with van der Waals surface area (Å²) in [5.41, 5.74) is 2.73. The van der Waals surface area contributed by atoms with E-state index in [1.165, 1.54) is 0 Å². The van der Waals surface area contributed by atoms with Crippen molar-refractivity contribution in [1.29, 1.82) is 0 Å². The number of aliphatic imine (C=N–C) groups is 1. The Labute approximate surface area is 176 Å². The third kappa shape index (κ3) is 6.12. The highest BCUT2D eigenvalue weighted by Gasteiger charge is 2.19. The maximum atomic E-state index is 11.7. The van der Waals surface area contributed by atoms with Crippen LogP contribution in [-0.4, -0.2) is 41.5 Å². The molecular weight excluding hydrogens is 388 g/mol. The quantitative estimate of drug-likeness (QED) is 0.278. The van der Waals surface area contributed by atoms with Crippen molar-refractivity contribution in [2.24, 2.45) is 4.99 Å². The summed E-state index contributed by atoms with van der Waals surface area (Å²) in [4.78, 5) is 18.3. The predicted molar refractivity (Wildman–Crippen MR) is 117 cm³/mol. The number of phenols is 1. The minimum atomic E-state index is 0.228. The Kier molecular flexibility index (Phi) is 7.36. The van der Waals surface area contributed by atoms with E-state index in [0.29, 0.717) is 30.5 Å². The molecule has 154 valence electrons. The van der Waals surface area contributed by atoms with E-state index in [2.05, 4.69) is 15.6 Å². The number of guanidine groups is 1. The number of anilines is 1. The van der Waals surface area contributed by atoms with Gasteiger partial charge in [0.2, 0.25) is 5.91 Å². The van der Waals surface area contributed by atoms with Gasteiger partial charge < -0.3 is 20.6 Å². The molecular formula is C22H27ClN4O2. The molecule has 2 aromatic rings. The standard InChI is InChI=1S/C22H27ClN4O2/c1-16-14-18(28)9-10-20(16)26-22(25-15-17-6-2-3-7-19(17)23)24-11-5-13-27-12-4-8-21(27)29/h2-3,6-7,9-10,14,28H,4-5,8,11-13,15H2,1H3,(H2,24,25,26). The van der Waals surface area contributed by atoms with Gasteiger partial charge in [-0.1, -0.05) is 29.8 Å². The fourth-order valence-electron chi connectivity index (χ4n) is 3.26. The van der Waals surface area contributed by atoms with Gasteiger partial charge in [-0.15, -0.1) is 0 Å². The van der Waals surface area contributed by atoms with Crippen LogP contribution in [0.25, 0.3) is 0 Å². The van der Waals surface area contributed by atoms with Crippen LogP contribution in [-0.2, 0) is 11.3 Å². The normalized spacial score (nSPS) is 14.3. The average molecular weight is 415 g/mol. The number of hydrogen-bond donors (Lipinski definition) is 3. The minimum absolute atomic E-state index is 0.228. The Bertz CT molecular complexity index is 885. The Morgan fingerprint density at radius 1 is 1.28 bits per heavy atom. The number of nitrogens with one attached hydrogen (secondary N) is 2. The molecule has 0 radical (unpaired) electrons. The zero-order chi connectivity index (χ0) is 20.6. The van der Waals surface area contributed by atoms with Gasteiger partial charge in [-0.3, -0.25) is 4.79 Å². The Balaban J connectivity index is 1.64. The smallest absolute Gasteiger partial charge is 0.222 e. The second-order valence-electron chi connectivity index (χ2n) is 7.15. The second-order valence-corrected chi connectivity index (χ2v) is 7.55. The monoisotopic (exact) mass is 414 g/mol. The van der Waals surface area contributed by atoms with Crippen molar-refractivity contribution in [1.82, 2.24) is 10.2 Å². The third-order valence-corrected chi connectivity index (χ3v) is 5.27. The van der Waals surface area contributed by atoms with Crippen LogP contribution in [0.15, 0.2) is 47.5 Å². The first-order chi connectivity index (χ1) is 14.0. The van der Waals surface area contributed by atoms with Crippen molar-refractivity contribution in [3.63, 3.8) is 0 Å². The molecule has 1 fully saturated rings. The summed E-state index contributed by atoms with van der Waals surface area (Å²) in [5.74, 6) is 1.10. The molecule has 1 aliphatic rings. The fraction of sp³-hybridized carbons (Fsp3) is 0.364. The third-order valence-electron chi connectivity index (χ3n) is 4.90. The van der Waals surface area contributed by atoms with Gasteiger partial charge in [0.1, 0.15) is 5.75 Å². The molecule has 29 heavy (non-hydrogen) atoms. The molecule has 2 aromatic carbocycles. The van der Waals surface area contributed by atoms with E-state index in [4.69, 9.17) is 11.6 Å². The first-order valence-electron chi connectivity index (χ1n) is 9.89. The maximum absolute atomic E-state index is 11.7. The lowest BCUT2D eigenvalue weighted by atomic mass is 10.2. The number of carbonyl (C=O) groups is 1. The van der Waals surface area contributed by atoms with E-state index in [0.717, 1.165) is 42.7 Å². The topological polar surface area (TPSA) is 77.0 Å². The largest absolute Gasteiger partial charge is 0.508 e. The molecule has 7 heteroatoms. The molecule has 1 saturated heterocycles. The molecule has 0 unspecified atom stereocenters. The van der Waals surface area contributed by atoms with Crippen LogP contribution in [0, 0.1) is 6.92 Å². The highest BCUT2D eigenvalue weighted by Crippen LogP contribution is 2.20. The van der Waals surface area contributed by atoms with E-state index in [1.807, 2.05) is 42.2 Å². The number of hydrogen-bond acceptors (Lipinski definition) is 3. The SMILES string of the molecule is Cc1cc(O)ccc1NC(=NCc1ccccc1Cl)NCCCN1CCCC1=O. The number of rotatable bonds is 7. The molecule has 0 spiro atoms. The minimum Gasteiger partial charge on any atom is -0.508 e. The van der Waals surface area contributed by atoms with Crippen molar-refractivity contribution in [2.45, 2.75) is 32.7 Å². The molecule has 0 bridgehead atoms. The number of phenolic OH excluding ortho intramolecular Hbond substituents is 1. The Morgan fingerprint density at radius 3 is 2.83 bits per heavy atom. The van der Waals surface area contributed by atoms with Gasteiger partial charge in [0.15, 0.2) is 5.96 Å². The van der Waals surface area contributed by atoms with Crippen molar-refractivity contribution in [3.05, 3.63) is 58.6 Å².